The van der Waals surface area contributed by atoms with Crippen molar-refractivity contribution in [2.45, 2.75) is 33.6 Å². The van der Waals surface area contributed by atoms with Crippen molar-refractivity contribution in [2.24, 2.45) is 7.05 Å². The predicted octanol–water partition coefficient (Wildman–Crippen LogP) is 7.90. The maximum atomic E-state index is 13.6. The highest BCUT2D eigenvalue weighted by Gasteiger charge is 2.29. The molecule has 0 spiro atoms. The Balaban J connectivity index is 0.00000149. The number of halogens is 1. The van der Waals surface area contributed by atoms with Gasteiger partial charge in [-0.2, -0.15) is 0 Å². The van der Waals surface area contributed by atoms with Gasteiger partial charge in [0.25, 0.3) is 5.91 Å². The molecular weight excluding hydrogens is 411 g/mol. The molecular formula is C29H31FN2O. The van der Waals surface area contributed by atoms with Crippen molar-refractivity contribution in [2.75, 3.05) is 5.32 Å². The zero-order valence-corrected chi connectivity index (χ0v) is 19.9. The van der Waals surface area contributed by atoms with Gasteiger partial charge in [0.1, 0.15) is 5.82 Å². The standard InChI is InChI=1S/C27H25FN2O.C2H6/c1-18(2)25-24(27(31)29-22-12-8-5-9-13-22)23(19-10-6-4-7-11-19)26(30(25)3)20-14-16-21(28)17-15-20;1-2/h4-18H,1-3H3,(H,29,31);1-2H3. The Kier molecular flexibility index (Phi) is 7.83. The normalized spacial score (nSPS) is 10.5. The van der Waals surface area contributed by atoms with Gasteiger partial charge in [-0.05, 0) is 53.4 Å². The van der Waals surface area contributed by atoms with Crippen LogP contribution in [-0.4, -0.2) is 10.5 Å². The molecule has 4 heteroatoms. The molecule has 1 amide bonds. The molecule has 0 fully saturated rings. The zero-order chi connectivity index (χ0) is 24.0. The van der Waals surface area contributed by atoms with E-state index in [2.05, 4.69) is 23.7 Å². The van der Waals surface area contributed by atoms with E-state index in [0.717, 1.165) is 33.8 Å². The van der Waals surface area contributed by atoms with E-state index in [1.54, 1.807) is 12.1 Å². The first kappa shape index (κ1) is 24.0. The fraction of sp³-hybridized carbons (Fsp3) is 0.207. The number of anilines is 1. The topological polar surface area (TPSA) is 34.0 Å². The third-order valence-corrected chi connectivity index (χ3v) is 5.43. The molecule has 170 valence electrons. The summed E-state index contributed by atoms with van der Waals surface area (Å²) in [6.07, 6.45) is 0. The maximum Gasteiger partial charge on any atom is 0.258 e. The minimum Gasteiger partial charge on any atom is -0.346 e. The molecule has 0 radical (unpaired) electrons. The molecule has 1 heterocycles. The first-order valence-electron chi connectivity index (χ1n) is 11.4. The van der Waals surface area contributed by atoms with Crippen LogP contribution >= 0.6 is 0 Å². The Morgan fingerprint density at radius 1 is 0.818 bits per heavy atom. The summed E-state index contributed by atoms with van der Waals surface area (Å²) in [5.41, 5.74) is 5.89. The van der Waals surface area contributed by atoms with Gasteiger partial charge in [-0.15, -0.1) is 0 Å². The second-order valence-corrected chi connectivity index (χ2v) is 7.89. The van der Waals surface area contributed by atoms with Gasteiger partial charge >= 0.3 is 0 Å². The van der Waals surface area contributed by atoms with Crippen molar-refractivity contribution >= 4 is 11.6 Å². The molecule has 3 nitrogen and oxygen atoms in total. The first-order valence-corrected chi connectivity index (χ1v) is 11.4. The number of hydrogen-bond donors (Lipinski definition) is 1. The van der Waals surface area contributed by atoms with Crippen molar-refractivity contribution in [1.29, 1.82) is 0 Å². The van der Waals surface area contributed by atoms with Crippen LogP contribution in [0.15, 0.2) is 84.9 Å². The van der Waals surface area contributed by atoms with Gasteiger partial charge in [-0.3, -0.25) is 4.79 Å². The van der Waals surface area contributed by atoms with Crippen LogP contribution in [0.3, 0.4) is 0 Å². The van der Waals surface area contributed by atoms with Crippen LogP contribution < -0.4 is 5.32 Å². The van der Waals surface area contributed by atoms with Crippen LogP contribution in [-0.2, 0) is 7.05 Å². The Labute approximate surface area is 195 Å². The summed E-state index contributed by atoms with van der Waals surface area (Å²) in [5, 5.41) is 3.05. The molecule has 4 rings (SSSR count). The number of amides is 1. The third kappa shape index (κ3) is 5.06. The lowest BCUT2D eigenvalue weighted by Gasteiger charge is -2.13. The number of nitrogens with one attached hydrogen (secondary N) is 1. The van der Waals surface area contributed by atoms with Gasteiger partial charge in [-0.25, -0.2) is 4.39 Å². The third-order valence-electron chi connectivity index (χ3n) is 5.43. The van der Waals surface area contributed by atoms with E-state index in [0.29, 0.717) is 5.56 Å². The minimum atomic E-state index is -0.287. The summed E-state index contributed by atoms with van der Waals surface area (Å²) in [4.78, 5) is 13.6. The molecule has 0 atom stereocenters. The highest BCUT2D eigenvalue weighted by Crippen LogP contribution is 2.41. The van der Waals surface area contributed by atoms with Gasteiger partial charge in [-0.1, -0.05) is 76.2 Å². The van der Waals surface area contributed by atoms with E-state index >= 15 is 0 Å². The molecule has 0 bridgehead atoms. The van der Waals surface area contributed by atoms with Crippen LogP contribution in [0.5, 0.6) is 0 Å². The van der Waals surface area contributed by atoms with Crippen molar-refractivity contribution in [1.82, 2.24) is 4.57 Å². The second kappa shape index (κ2) is 10.8. The largest absolute Gasteiger partial charge is 0.346 e. The van der Waals surface area contributed by atoms with E-state index in [4.69, 9.17) is 0 Å². The quantitative estimate of drug-likeness (QED) is 0.335. The van der Waals surface area contributed by atoms with Crippen molar-refractivity contribution in [3.8, 4) is 22.4 Å². The lowest BCUT2D eigenvalue weighted by molar-refractivity contribution is 0.102. The number of rotatable bonds is 5. The van der Waals surface area contributed by atoms with Gasteiger partial charge in [0.15, 0.2) is 0 Å². The van der Waals surface area contributed by atoms with Crippen molar-refractivity contribution in [3.05, 3.63) is 102 Å². The number of benzene rings is 3. The van der Waals surface area contributed by atoms with E-state index in [1.807, 2.05) is 81.6 Å². The molecule has 33 heavy (non-hydrogen) atoms. The number of aromatic nitrogens is 1. The number of hydrogen-bond acceptors (Lipinski definition) is 1. The van der Waals surface area contributed by atoms with Crippen LogP contribution in [0.2, 0.25) is 0 Å². The SMILES string of the molecule is CC.CC(C)c1c(C(=O)Nc2ccccc2)c(-c2ccccc2)c(-c2ccc(F)cc2)n1C. The zero-order valence-electron chi connectivity index (χ0n) is 19.9. The molecule has 0 saturated carbocycles. The van der Waals surface area contributed by atoms with E-state index < -0.39 is 0 Å². The van der Waals surface area contributed by atoms with Crippen LogP contribution in [0.4, 0.5) is 10.1 Å². The van der Waals surface area contributed by atoms with Crippen LogP contribution in [0.1, 0.15) is 49.7 Å². The number of nitrogens with zero attached hydrogens (tertiary/aromatic N) is 1. The monoisotopic (exact) mass is 442 g/mol. The van der Waals surface area contributed by atoms with Gasteiger partial charge in [0.05, 0.1) is 11.3 Å². The molecule has 0 aliphatic carbocycles. The fourth-order valence-corrected chi connectivity index (χ4v) is 4.15. The Morgan fingerprint density at radius 3 is 1.91 bits per heavy atom. The summed E-state index contributed by atoms with van der Waals surface area (Å²) in [6.45, 7) is 8.16. The van der Waals surface area contributed by atoms with Gasteiger partial charge in [0, 0.05) is 24.0 Å². The van der Waals surface area contributed by atoms with E-state index in [1.165, 1.54) is 12.1 Å². The maximum absolute atomic E-state index is 13.6. The predicted molar refractivity (Wildman–Crippen MR) is 136 cm³/mol. The Hall–Kier alpha value is -3.66. The van der Waals surface area contributed by atoms with Crippen molar-refractivity contribution < 1.29 is 9.18 Å². The summed E-state index contributed by atoms with van der Waals surface area (Å²) < 4.78 is 15.7. The Bertz CT molecular complexity index is 1190. The van der Waals surface area contributed by atoms with Crippen LogP contribution in [0, 0.1) is 5.82 Å². The van der Waals surface area contributed by atoms with E-state index in [-0.39, 0.29) is 17.6 Å². The Morgan fingerprint density at radius 2 is 1.36 bits per heavy atom. The summed E-state index contributed by atoms with van der Waals surface area (Å²) in [7, 11) is 1.97. The molecule has 0 unspecified atom stereocenters. The summed E-state index contributed by atoms with van der Waals surface area (Å²) in [6, 6.07) is 25.8. The first-order chi connectivity index (χ1) is 16.0. The summed E-state index contributed by atoms with van der Waals surface area (Å²) in [5.74, 6) is -0.332. The fourth-order valence-electron chi connectivity index (χ4n) is 4.15. The number of para-hydroxylation sites is 1. The minimum absolute atomic E-state index is 0.109. The van der Waals surface area contributed by atoms with Crippen LogP contribution in [0.25, 0.3) is 22.4 Å². The smallest absolute Gasteiger partial charge is 0.258 e. The molecule has 0 aliphatic rings. The highest BCUT2D eigenvalue weighted by atomic mass is 19.1. The van der Waals surface area contributed by atoms with E-state index in [9.17, 15) is 9.18 Å². The number of carbonyl (C=O) groups excluding carboxylic acids is 1. The number of carbonyl (C=O) groups is 1. The average molecular weight is 443 g/mol. The molecule has 1 N–H and O–H groups in total. The average Bonchev–Trinajstić information content (AvgIpc) is 3.15. The van der Waals surface area contributed by atoms with Gasteiger partial charge in [0.2, 0.25) is 0 Å². The molecule has 3 aromatic carbocycles. The lowest BCUT2D eigenvalue weighted by atomic mass is 9.94. The molecule has 0 aliphatic heterocycles. The van der Waals surface area contributed by atoms with Crippen molar-refractivity contribution in [3.63, 3.8) is 0 Å². The summed E-state index contributed by atoms with van der Waals surface area (Å²) >= 11 is 0. The molecule has 1 aromatic heterocycles. The van der Waals surface area contributed by atoms with Gasteiger partial charge < -0.3 is 9.88 Å². The highest BCUT2D eigenvalue weighted by molar-refractivity contribution is 6.12. The lowest BCUT2D eigenvalue weighted by Crippen LogP contribution is -2.15. The molecule has 0 saturated heterocycles. The second-order valence-electron chi connectivity index (χ2n) is 7.89. The molecule has 4 aromatic rings.